The van der Waals surface area contributed by atoms with Crippen molar-refractivity contribution in [3.63, 3.8) is 0 Å². The van der Waals surface area contributed by atoms with Gasteiger partial charge in [0.1, 0.15) is 6.33 Å². The van der Waals surface area contributed by atoms with Gasteiger partial charge in [-0.3, -0.25) is 4.90 Å². The minimum absolute atomic E-state index is 0.699. The fourth-order valence-corrected chi connectivity index (χ4v) is 2.14. The van der Waals surface area contributed by atoms with Gasteiger partial charge in [-0.2, -0.15) is 4.98 Å². The fraction of sp³-hybridized carbons (Fsp3) is 0.500. The van der Waals surface area contributed by atoms with Gasteiger partial charge in [0.2, 0.25) is 5.89 Å². The van der Waals surface area contributed by atoms with Gasteiger partial charge in [-0.15, -0.1) is 0 Å². The Labute approximate surface area is 105 Å². The molecule has 0 N–H and O–H groups in total. The van der Waals surface area contributed by atoms with Crippen LogP contribution >= 0.6 is 0 Å². The third-order valence-electron chi connectivity index (χ3n) is 3.13. The molecule has 0 bridgehead atoms. The molecule has 0 radical (unpaired) electrons. The Balaban J connectivity index is 1.69. The molecule has 0 spiro atoms. The summed E-state index contributed by atoms with van der Waals surface area (Å²) in [5, 5.41) is 3.98. The molecule has 0 aliphatic carbocycles. The van der Waals surface area contributed by atoms with E-state index in [-0.39, 0.29) is 0 Å². The van der Waals surface area contributed by atoms with Crippen LogP contribution in [0.15, 0.2) is 17.0 Å². The standard InChI is InChI=1S/C12H15N5O/c1-2-12-15-11(16-18-12)7-17-4-3-9-5-13-8-14-10(9)6-17/h5,8H,2-4,6-7H2,1H3. The number of hydrogen-bond donors (Lipinski definition) is 0. The lowest BCUT2D eigenvalue weighted by Gasteiger charge is -2.26. The van der Waals surface area contributed by atoms with E-state index in [2.05, 4.69) is 25.0 Å². The van der Waals surface area contributed by atoms with E-state index < -0.39 is 0 Å². The molecule has 18 heavy (non-hydrogen) atoms. The van der Waals surface area contributed by atoms with Crippen molar-refractivity contribution in [2.24, 2.45) is 0 Å². The summed E-state index contributed by atoms with van der Waals surface area (Å²) >= 11 is 0. The summed E-state index contributed by atoms with van der Waals surface area (Å²) in [6.45, 7) is 4.53. The first kappa shape index (κ1) is 11.3. The summed E-state index contributed by atoms with van der Waals surface area (Å²) in [6, 6.07) is 0. The molecule has 0 unspecified atom stereocenters. The van der Waals surface area contributed by atoms with E-state index in [1.165, 1.54) is 5.56 Å². The van der Waals surface area contributed by atoms with Gasteiger partial charge in [-0.25, -0.2) is 9.97 Å². The second-order valence-electron chi connectivity index (χ2n) is 4.41. The highest BCUT2D eigenvalue weighted by Gasteiger charge is 2.19. The van der Waals surface area contributed by atoms with Crippen LogP contribution in [-0.4, -0.2) is 31.6 Å². The Morgan fingerprint density at radius 3 is 3.22 bits per heavy atom. The monoisotopic (exact) mass is 245 g/mol. The largest absolute Gasteiger partial charge is 0.339 e. The van der Waals surface area contributed by atoms with Gasteiger partial charge in [0, 0.05) is 25.7 Å². The lowest BCUT2D eigenvalue weighted by molar-refractivity contribution is 0.231. The Morgan fingerprint density at radius 2 is 2.39 bits per heavy atom. The highest BCUT2D eigenvalue weighted by molar-refractivity contribution is 5.18. The molecule has 0 saturated heterocycles. The molecular formula is C12H15N5O. The van der Waals surface area contributed by atoms with E-state index in [1.54, 1.807) is 6.33 Å². The number of hydrogen-bond acceptors (Lipinski definition) is 6. The zero-order valence-corrected chi connectivity index (χ0v) is 10.3. The number of aromatic nitrogens is 4. The average Bonchev–Trinajstić information content (AvgIpc) is 2.86. The second kappa shape index (κ2) is 4.81. The van der Waals surface area contributed by atoms with Crippen molar-refractivity contribution < 1.29 is 4.52 Å². The highest BCUT2D eigenvalue weighted by Crippen LogP contribution is 2.16. The number of fused-ring (bicyclic) bond motifs is 1. The molecule has 3 rings (SSSR count). The average molecular weight is 245 g/mol. The topological polar surface area (TPSA) is 67.9 Å². The van der Waals surface area contributed by atoms with Crippen molar-refractivity contribution in [1.82, 2.24) is 25.0 Å². The van der Waals surface area contributed by atoms with E-state index in [0.29, 0.717) is 12.4 Å². The summed E-state index contributed by atoms with van der Waals surface area (Å²) in [7, 11) is 0. The zero-order valence-electron chi connectivity index (χ0n) is 10.3. The number of aryl methyl sites for hydroxylation is 1. The van der Waals surface area contributed by atoms with Crippen molar-refractivity contribution in [1.29, 1.82) is 0 Å². The zero-order chi connectivity index (χ0) is 12.4. The van der Waals surface area contributed by atoms with Gasteiger partial charge in [0.05, 0.1) is 12.2 Å². The molecule has 3 heterocycles. The molecule has 0 fully saturated rings. The molecule has 1 aliphatic rings. The first-order chi connectivity index (χ1) is 8.85. The Kier molecular flexibility index (Phi) is 3.02. The van der Waals surface area contributed by atoms with Gasteiger partial charge in [-0.1, -0.05) is 12.1 Å². The van der Waals surface area contributed by atoms with Crippen molar-refractivity contribution in [2.75, 3.05) is 6.54 Å². The first-order valence-corrected chi connectivity index (χ1v) is 6.16. The number of rotatable bonds is 3. The van der Waals surface area contributed by atoms with Gasteiger partial charge in [0.15, 0.2) is 5.82 Å². The third-order valence-corrected chi connectivity index (χ3v) is 3.13. The minimum atomic E-state index is 0.699. The normalized spacial score (nSPS) is 15.6. The quantitative estimate of drug-likeness (QED) is 0.803. The second-order valence-corrected chi connectivity index (χ2v) is 4.41. The van der Waals surface area contributed by atoms with Crippen LogP contribution in [0.25, 0.3) is 0 Å². The molecule has 0 amide bonds. The maximum Gasteiger partial charge on any atom is 0.226 e. The van der Waals surface area contributed by atoms with E-state index in [0.717, 1.165) is 37.4 Å². The van der Waals surface area contributed by atoms with Crippen molar-refractivity contribution in [3.05, 3.63) is 35.5 Å². The highest BCUT2D eigenvalue weighted by atomic mass is 16.5. The van der Waals surface area contributed by atoms with Crippen LogP contribution in [0.5, 0.6) is 0 Å². The molecule has 6 heteroatoms. The van der Waals surface area contributed by atoms with Crippen LogP contribution in [0, 0.1) is 0 Å². The van der Waals surface area contributed by atoms with Gasteiger partial charge in [0.25, 0.3) is 0 Å². The molecular weight excluding hydrogens is 230 g/mol. The SMILES string of the molecule is CCc1nc(CN2CCc3cncnc3C2)no1. The van der Waals surface area contributed by atoms with Crippen LogP contribution in [0.4, 0.5) is 0 Å². The first-order valence-electron chi connectivity index (χ1n) is 6.16. The van der Waals surface area contributed by atoms with Gasteiger partial charge in [-0.05, 0) is 12.0 Å². The molecule has 0 aromatic carbocycles. The third kappa shape index (κ3) is 2.24. The van der Waals surface area contributed by atoms with Crippen molar-refractivity contribution in [3.8, 4) is 0 Å². The molecule has 94 valence electrons. The summed E-state index contributed by atoms with van der Waals surface area (Å²) in [6.07, 6.45) is 5.27. The van der Waals surface area contributed by atoms with E-state index >= 15 is 0 Å². The lowest BCUT2D eigenvalue weighted by Crippen LogP contribution is -2.31. The molecule has 6 nitrogen and oxygen atoms in total. The van der Waals surface area contributed by atoms with Crippen LogP contribution in [0.3, 0.4) is 0 Å². The molecule has 0 saturated carbocycles. The van der Waals surface area contributed by atoms with Crippen LogP contribution in [-0.2, 0) is 25.9 Å². The minimum Gasteiger partial charge on any atom is -0.339 e. The van der Waals surface area contributed by atoms with Crippen LogP contribution in [0.1, 0.15) is 29.9 Å². The van der Waals surface area contributed by atoms with E-state index in [1.807, 2.05) is 13.1 Å². The predicted octanol–water partition coefficient (Wildman–Crippen LogP) is 0.980. The molecule has 1 aliphatic heterocycles. The van der Waals surface area contributed by atoms with Gasteiger partial charge >= 0.3 is 0 Å². The Hall–Kier alpha value is -1.82. The van der Waals surface area contributed by atoms with Gasteiger partial charge < -0.3 is 4.52 Å². The smallest absolute Gasteiger partial charge is 0.226 e. The van der Waals surface area contributed by atoms with E-state index in [4.69, 9.17) is 4.52 Å². The summed E-state index contributed by atoms with van der Waals surface area (Å²) in [5.74, 6) is 1.45. The molecule has 2 aromatic rings. The molecule has 2 aromatic heterocycles. The van der Waals surface area contributed by atoms with Crippen molar-refractivity contribution >= 4 is 0 Å². The maximum atomic E-state index is 5.11. The summed E-state index contributed by atoms with van der Waals surface area (Å²) in [4.78, 5) is 15.0. The van der Waals surface area contributed by atoms with Crippen molar-refractivity contribution in [2.45, 2.75) is 32.9 Å². The predicted molar refractivity (Wildman–Crippen MR) is 63.5 cm³/mol. The fourth-order valence-electron chi connectivity index (χ4n) is 2.14. The Bertz CT molecular complexity index is 539. The van der Waals surface area contributed by atoms with Crippen LogP contribution < -0.4 is 0 Å². The van der Waals surface area contributed by atoms with Crippen LogP contribution in [0.2, 0.25) is 0 Å². The lowest BCUT2D eigenvalue weighted by atomic mass is 10.1. The summed E-state index contributed by atoms with van der Waals surface area (Å²) < 4.78 is 5.11. The molecule has 0 atom stereocenters. The van der Waals surface area contributed by atoms with E-state index in [9.17, 15) is 0 Å². The maximum absolute atomic E-state index is 5.11. The number of nitrogens with zero attached hydrogens (tertiary/aromatic N) is 5. The Morgan fingerprint density at radius 1 is 1.44 bits per heavy atom. The summed E-state index contributed by atoms with van der Waals surface area (Å²) in [5.41, 5.74) is 2.35.